The number of carbonyl (C=O) groups is 2. The van der Waals surface area contributed by atoms with E-state index in [1.54, 1.807) is 0 Å². The van der Waals surface area contributed by atoms with Gasteiger partial charge < -0.3 is 15.2 Å². The van der Waals surface area contributed by atoms with Crippen LogP contribution in [0.2, 0.25) is 0 Å². The maximum absolute atomic E-state index is 11.4. The van der Waals surface area contributed by atoms with Crippen LogP contribution in [-0.2, 0) is 20.9 Å². The van der Waals surface area contributed by atoms with Crippen LogP contribution in [0.5, 0.6) is 0 Å². The van der Waals surface area contributed by atoms with E-state index in [-0.39, 0.29) is 13.0 Å². The summed E-state index contributed by atoms with van der Waals surface area (Å²) in [4.78, 5) is 22.0. The maximum atomic E-state index is 11.4. The number of rotatable bonds is 6. The summed E-state index contributed by atoms with van der Waals surface area (Å²) in [6.07, 6.45) is -0.182. The monoisotopic (exact) mass is 237 g/mol. The molecule has 0 radical (unpaired) electrons. The van der Waals surface area contributed by atoms with Gasteiger partial charge in [0.05, 0.1) is 6.42 Å². The minimum atomic E-state index is -1.07. The van der Waals surface area contributed by atoms with Gasteiger partial charge in [0.25, 0.3) is 0 Å². The number of carboxylic acids is 1. The Hall–Kier alpha value is -1.88. The largest absolute Gasteiger partial charge is 0.480 e. The summed E-state index contributed by atoms with van der Waals surface area (Å²) in [5, 5.41) is 11.3. The van der Waals surface area contributed by atoms with Gasteiger partial charge in [-0.2, -0.15) is 0 Å². The molecule has 1 atom stereocenters. The normalized spacial score (nSPS) is 11.8. The predicted molar refractivity (Wildman–Crippen MR) is 61.3 cm³/mol. The molecule has 2 N–H and O–H groups in total. The Morgan fingerprint density at radius 1 is 1.35 bits per heavy atom. The van der Waals surface area contributed by atoms with Gasteiger partial charge in [0.15, 0.2) is 0 Å². The molecule has 1 unspecified atom stereocenters. The zero-order valence-corrected chi connectivity index (χ0v) is 9.55. The van der Waals surface area contributed by atoms with Crippen molar-refractivity contribution < 1.29 is 19.4 Å². The summed E-state index contributed by atoms with van der Waals surface area (Å²) < 4.78 is 4.97. The molecule has 92 valence electrons. The van der Waals surface area contributed by atoms with Gasteiger partial charge in [-0.15, -0.1) is 0 Å². The first-order valence-corrected chi connectivity index (χ1v) is 5.23. The van der Waals surface area contributed by atoms with E-state index in [4.69, 9.17) is 9.84 Å². The first-order valence-electron chi connectivity index (χ1n) is 5.23. The highest BCUT2D eigenvalue weighted by molar-refractivity contribution is 5.81. The Kier molecular flexibility index (Phi) is 5.16. The summed E-state index contributed by atoms with van der Waals surface area (Å²) in [5.41, 5.74) is 0.872. The van der Waals surface area contributed by atoms with Crippen LogP contribution < -0.4 is 5.32 Å². The van der Waals surface area contributed by atoms with Crippen molar-refractivity contribution in [2.75, 3.05) is 7.05 Å². The molecule has 5 heteroatoms. The molecule has 0 saturated heterocycles. The van der Waals surface area contributed by atoms with Crippen molar-refractivity contribution in [3.63, 3.8) is 0 Å². The fourth-order valence-electron chi connectivity index (χ4n) is 1.28. The van der Waals surface area contributed by atoms with E-state index in [9.17, 15) is 9.59 Å². The van der Waals surface area contributed by atoms with Gasteiger partial charge in [0.1, 0.15) is 12.6 Å². The van der Waals surface area contributed by atoms with Gasteiger partial charge in [-0.1, -0.05) is 30.3 Å². The van der Waals surface area contributed by atoms with Crippen LogP contribution in [0.1, 0.15) is 12.0 Å². The molecule has 0 aliphatic heterocycles. The zero-order valence-electron chi connectivity index (χ0n) is 9.55. The highest BCUT2D eigenvalue weighted by Crippen LogP contribution is 2.03. The summed E-state index contributed by atoms with van der Waals surface area (Å²) >= 11 is 0. The smallest absolute Gasteiger partial charge is 0.321 e. The molecule has 0 aromatic heterocycles. The number of likely N-dealkylation sites (N-methyl/N-ethyl adjacent to an activating group) is 1. The molecule has 0 saturated carbocycles. The Labute approximate surface area is 99.4 Å². The number of hydrogen-bond acceptors (Lipinski definition) is 4. The molecule has 0 amide bonds. The zero-order chi connectivity index (χ0) is 12.7. The summed E-state index contributed by atoms with van der Waals surface area (Å²) in [5.74, 6) is -1.60. The van der Waals surface area contributed by atoms with Crippen molar-refractivity contribution in [2.45, 2.75) is 19.1 Å². The van der Waals surface area contributed by atoms with E-state index in [0.29, 0.717) is 0 Å². The van der Waals surface area contributed by atoms with E-state index in [1.807, 2.05) is 30.3 Å². The second kappa shape index (κ2) is 6.65. The molecule has 0 aliphatic carbocycles. The second-order valence-corrected chi connectivity index (χ2v) is 3.53. The Morgan fingerprint density at radius 2 is 2.00 bits per heavy atom. The molecule has 17 heavy (non-hydrogen) atoms. The Morgan fingerprint density at radius 3 is 2.53 bits per heavy atom. The van der Waals surface area contributed by atoms with Gasteiger partial charge in [-0.25, -0.2) is 0 Å². The molecule has 0 heterocycles. The lowest BCUT2D eigenvalue weighted by Crippen LogP contribution is -2.36. The maximum Gasteiger partial charge on any atom is 0.321 e. The number of hydrogen-bond donors (Lipinski definition) is 2. The van der Waals surface area contributed by atoms with E-state index >= 15 is 0 Å². The van der Waals surface area contributed by atoms with Crippen molar-refractivity contribution in [3.05, 3.63) is 35.9 Å². The second-order valence-electron chi connectivity index (χ2n) is 3.53. The van der Waals surface area contributed by atoms with Crippen LogP contribution in [0.3, 0.4) is 0 Å². The highest BCUT2D eigenvalue weighted by atomic mass is 16.5. The van der Waals surface area contributed by atoms with Crippen LogP contribution in [0, 0.1) is 0 Å². The summed E-state index contributed by atoms with van der Waals surface area (Å²) in [7, 11) is 1.49. The third kappa shape index (κ3) is 4.65. The molecule has 0 aliphatic rings. The first-order chi connectivity index (χ1) is 8.13. The number of aliphatic carboxylic acids is 1. The van der Waals surface area contributed by atoms with E-state index < -0.39 is 18.0 Å². The minimum Gasteiger partial charge on any atom is -0.480 e. The Bertz CT molecular complexity index is 377. The topological polar surface area (TPSA) is 75.6 Å². The molecule has 0 fully saturated rings. The molecule has 1 aromatic carbocycles. The van der Waals surface area contributed by atoms with Crippen molar-refractivity contribution in [2.24, 2.45) is 0 Å². The first kappa shape index (κ1) is 13.2. The highest BCUT2D eigenvalue weighted by Gasteiger charge is 2.19. The minimum absolute atomic E-state index is 0.162. The van der Waals surface area contributed by atoms with Crippen LogP contribution in [0.25, 0.3) is 0 Å². The third-order valence-electron chi connectivity index (χ3n) is 2.26. The van der Waals surface area contributed by atoms with Crippen molar-refractivity contribution >= 4 is 11.9 Å². The van der Waals surface area contributed by atoms with Gasteiger partial charge in [0.2, 0.25) is 0 Å². The van der Waals surface area contributed by atoms with Crippen LogP contribution in [-0.4, -0.2) is 30.1 Å². The number of esters is 1. The number of carbonyl (C=O) groups excluding carboxylic acids is 1. The summed E-state index contributed by atoms with van der Waals surface area (Å²) in [6, 6.07) is 8.32. The lowest BCUT2D eigenvalue weighted by atomic mass is 10.2. The van der Waals surface area contributed by atoms with Crippen molar-refractivity contribution in [3.8, 4) is 0 Å². The molecular formula is C12H15NO4. The Balaban J connectivity index is 2.37. The van der Waals surface area contributed by atoms with E-state index in [0.717, 1.165) is 5.56 Å². The van der Waals surface area contributed by atoms with Crippen LogP contribution >= 0.6 is 0 Å². The average molecular weight is 237 g/mol. The van der Waals surface area contributed by atoms with E-state index in [1.165, 1.54) is 7.05 Å². The van der Waals surface area contributed by atoms with Gasteiger partial charge in [0, 0.05) is 0 Å². The van der Waals surface area contributed by atoms with Gasteiger partial charge in [-0.3, -0.25) is 9.59 Å². The molecular weight excluding hydrogens is 222 g/mol. The fraction of sp³-hybridized carbons (Fsp3) is 0.333. The number of carboxylic acid groups (broad SMARTS) is 1. The van der Waals surface area contributed by atoms with Crippen molar-refractivity contribution in [1.82, 2.24) is 5.32 Å². The summed E-state index contributed by atoms with van der Waals surface area (Å²) in [6.45, 7) is 0.162. The standard InChI is InChI=1S/C12H15NO4/c1-13-10(12(15)16)7-11(14)17-8-9-5-3-2-4-6-9/h2-6,10,13H,7-8H2,1H3,(H,15,16). The SMILES string of the molecule is CNC(CC(=O)OCc1ccccc1)C(=O)O. The number of benzene rings is 1. The van der Waals surface area contributed by atoms with Gasteiger partial charge >= 0.3 is 11.9 Å². The molecule has 1 aromatic rings. The lowest BCUT2D eigenvalue weighted by molar-refractivity contribution is -0.150. The lowest BCUT2D eigenvalue weighted by Gasteiger charge is -2.10. The molecule has 0 spiro atoms. The predicted octanol–water partition coefficient (Wildman–Crippen LogP) is 0.792. The number of ether oxygens (including phenoxy) is 1. The van der Waals surface area contributed by atoms with Crippen LogP contribution in [0.15, 0.2) is 30.3 Å². The molecule has 1 rings (SSSR count). The average Bonchev–Trinajstić information content (AvgIpc) is 2.34. The van der Waals surface area contributed by atoms with Gasteiger partial charge in [-0.05, 0) is 12.6 Å². The quantitative estimate of drug-likeness (QED) is 0.715. The van der Waals surface area contributed by atoms with Crippen LogP contribution in [0.4, 0.5) is 0 Å². The molecule has 0 bridgehead atoms. The fourth-order valence-corrected chi connectivity index (χ4v) is 1.28. The third-order valence-corrected chi connectivity index (χ3v) is 2.26. The van der Waals surface area contributed by atoms with E-state index in [2.05, 4.69) is 5.32 Å². The number of nitrogens with one attached hydrogen (secondary N) is 1. The van der Waals surface area contributed by atoms with Crippen molar-refractivity contribution in [1.29, 1.82) is 0 Å². The molecule has 5 nitrogen and oxygen atoms in total.